The Hall–Kier alpha value is -2.62. The molecule has 1 heterocycles. The van der Waals surface area contributed by atoms with Crippen molar-refractivity contribution in [1.82, 2.24) is 0 Å². The lowest BCUT2D eigenvalue weighted by atomic mass is 10.1. The van der Waals surface area contributed by atoms with E-state index in [4.69, 9.17) is 5.11 Å². The molecular formula is C17H19N2O2+. The lowest BCUT2D eigenvalue weighted by Gasteiger charge is -2.11. The van der Waals surface area contributed by atoms with Crippen molar-refractivity contribution < 1.29 is 14.5 Å². The Morgan fingerprint density at radius 3 is 2.05 bits per heavy atom. The number of carboxylic acids is 1. The highest BCUT2D eigenvalue weighted by molar-refractivity contribution is 5.70. The van der Waals surface area contributed by atoms with Gasteiger partial charge in [0.25, 0.3) is 0 Å². The van der Waals surface area contributed by atoms with E-state index in [2.05, 4.69) is 29.2 Å². The Balaban J connectivity index is 2.05. The minimum Gasteiger partial charge on any atom is -0.477 e. The normalized spacial score (nSPS) is 10.8. The molecule has 0 radical (unpaired) electrons. The van der Waals surface area contributed by atoms with Crippen molar-refractivity contribution in [2.45, 2.75) is 6.54 Å². The number of hydrogen-bond acceptors (Lipinski definition) is 2. The number of benzene rings is 1. The molecule has 4 heteroatoms. The quantitative estimate of drug-likeness (QED) is 0.856. The summed E-state index contributed by atoms with van der Waals surface area (Å²) < 4.78 is 1.63. The van der Waals surface area contributed by atoms with Crippen LogP contribution in [0, 0.1) is 0 Å². The molecule has 0 amide bonds. The minimum atomic E-state index is -0.843. The van der Waals surface area contributed by atoms with E-state index >= 15 is 0 Å². The lowest BCUT2D eigenvalue weighted by Crippen LogP contribution is -2.36. The van der Waals surface area contributed by atoms with Gasteiger partial charge in [-0.2, -0.15) is 4.57 Å². The van der Waals surface area contributed by atoms with Crippen molar-refractivity contribution in [3.63, 3.8) is 0 Å². The molecule has 2 rings (SSSR count). The Kier molecular flexibility index (Phi) is 4.72. The van der Waals surface area contributed by atoms with Gasteiger partial charge in [0.2, 0.25) is 6.54 Å². The van der Waals surface area contributed by atoms with Crippen molar-refractivity contribution in [3.05, 3.63) is 59.9 Å². The molecule has 0 aliphatic carbocycles. The first-order valence-electron chi connectivity index (χ1n) is 6.71. The lowest BCUT2D eigenvalue weighted by molar-refractivity contribution is -0.685. The Morgan fingerprint density at radius 1 is 1.05 bits per heavy atom. The molecule has 1 aromatic carbocycles. The fourth-order valence-electron chi connectivity index (χ4n) is 1.92. The third-order valence-electron chi connectivity index (χ3n) is 3.11. The van der Waals surface area contributed by atoms with E-state index in [0.717, 1.165) is 11.1 Å². The average molecular weight is 283 g/mol. The highest BCUT2D eigenvalue weighted by Gasteiger charge is 2.05. The number of aliphatic carboxylic acids is 1. The fourth-order valence-corrected chi connectivity index (χ4v) is 1.92. The van der Waals surface area contributed by atoms with E-state index in [0.29, 0.717) is 0 Å². The number of rotatable bonds is 5. The Morgan fingerprint density at radius 2 is 1.57 bits per heavy atom. The van der Waals surface area contributed by atoms with Crippen molar-refractivity contribution in [2.24, 2.45) is 0 Å². The Bertz CT molecular complexity index is 629. The zero-order chi connectivity index (χ0) is 15.2. The van der Waals surface area contributed by atoms with E-state index in [9.17, 15) is 4.79 Å². The van der Waals surface area contributed by atoms with Crippen LogP contribution in [0.2, 0.25) is 0 Å². The average Bonchev–Trinajstić information content (AvgIpc) is 2.46. The molecule has 0 fully saturated rings. The second-order valence-corrected chi connectivity index (χ2v) is 5.02. The van der Waals surface area contributed by atoms with E-state index in [-0.39, 0.29) is 6.54 Å². The number of hydrogen-bond donors (Lipinski definition) is 1. The number of carbonyl (C=O) groups is 1. The van der Waals surface area contributed by atoms with Gasteiger partial charge in [-0.25, -0.2) is 4.79 Å². The summed E-state index contributed by atoms with van der Waals surface area (Å²) in [6, 6.07) is 12.1. The number of pyridine rings is 1. The molecule has 0 spiro atoms. The van der Waals surface area contributed by atoms with Crippen LogP contribution in [-0.4, -0.2) is 25.2 Å². The number of carboxylic acid groups (broad SMARTS) is 1. The van der Waals surface area contributed by atoms with Gasteiger partial charge in [-0.05, 0) is 23.3 Å². The summed E-state index contributed by atoms with van der Waals surface area (Å²) >= 11 is 0. The van der Waals surface area contributed by atoms with Crippen LogP contribution in [0.5, 0.6) is 0 Å². The third kappa shape index (κ3) is 4.45. The second-order valence-electron chi connectivity index (χ2n) is 5.02. The van der Waals surface area contributed by atoms with Crippen molar-refractivity contribution in [2.75, 3.05) is 19.0 Å². The SMILES string of the molecule is CN(C)c1ccc(C=Cc2cc[n+](CC(=O)O)cc2)cc1. The first kappa shape index (κ1) is 14.8. The van der Waals surface area contributed by atoms with Gasteiger partial charge in [0, 0.05) is 31.9 Å². The zero-order valence-electron chi connectivity index (χ0n) is 12.2. The highest BCUT2D eigenvalue weighted by atomic mass is 16.4. The number of nitrogens with zero attached hydrogens (tertiary/aromatic N) is 2. The van der Waals surface area contributed by atoms with E-state index in [1.165, 1.54) is 5.69 Å². The molecule has 0 atom stereocenters. The van der Waals surface area contributed by atoms with Crippen LogP contribution in [0.25, 0.3) is 12.2 Å². The smallest absolute Gasteiger partial charge is 0.370 e. The summed E-state index contributed by atoms with van der Waals surface area (Å²) in [5.74, 6) is -0.843. The molecule has 4 nitrogen and oxygen atoms in total. The van der Waals surface area contributed by atoms with Crippen LogP contribution in [0.15, 0.2) is 48.8 Å². The molecule has 0 aliphatic rings. The third-order valence-corrected chi connectivity index (χ3v) is 3.11. The van der Waals surface area contributed by atoms with Crippen LogP contribution in [-0.2, 0) is 11.3 Å². The van der Waals surface area contributed by atoms with Gasteiger partial charge in [-0.15, -0.1) is 0 Å². The number of anilines is 1. The predicted octanol–water partition coefficient (Wildman–Crippen LogP) is 2.30. The molecule has 2 aromatic rings. The molecule has 0 saturated carbocycles. The molecule has 108 valence electrons. The summed E-state index contributed by atoms with van der Waals surface area (Å²) in [6.07, 6.45) is 7.58. The topological polar surface area (TPSA) is 44.4 Å². The standard InChI is InChI=1S/C17H18N2O2/c1-18(2)16-7-5-14(6-8-16)3-4-15-9-11-19(12-10-15)13-17(20)21/h3-12H,13H2,1-2H3/p+1. The maximum absolute atomic E-state index is 10.6. The van der Waals surface area contributed by atoms with Crippen LogP contribution in [0.4, 0.5) is 5.69 Å². The molecule has 0 unspecified atom stereocenters. The summed E-state index contributed by atoms with van der Waals surface area (Å²) in [4.78, 5) is 12.7. The maximum atomic E-state index is 10.6. The molecule has 21 heavy (non-hydrogen) atoms. The van der Waals surface area contributed by atoms with Crippen molar-refractivity contribution in [3.8, 4) is 0 Å². The molecular weight excluding hydrogens is 264 g/mol. The largest absolute Gasteiger partial charge is 0.477 e. The van der Waals surface area contributed by atoms with Crippen LogP contribution < -0.4 is 9.47 Å². The molecule has 0 saturated heterocycles. The molecule has 1 aromatic heterocycles. The first-order valence-corrected chi connectivity index (χ1v) is 6.71. The molecule has 0 aliphatic heterocycles. The van der Waals surface area contributed by atoms with Gasteiger partial charge in [-0.3, -0.25) is 0 Å². The second kappa shape index (κ2) is 6.70. The van der Waals surface area contributed by atoms with Gasteiger partial charge in [-0.1, -0.05) is 24.3 Å². The van der Waals surface area contributed by atoms with Crippen molar-refractivity contribution >= 4 is 23.8 Å². The van der Waals surface area contributed by atoms with Gasteiger partial charge in [0.1, 0.15) is 0 Å². The van der Waals surface area contributed by atoms with Gasteiger partial charge < -0.3 is 10.0 Å². The van der Waals surface area contributed by atoms with Gasteiger partial charge in [0.05, 0.1) is 0 Å². The predicted molar refractivity (Wildman–Crippen MR) is 84.0 cm³/mol. The maximum Gasteiger partial charge on any atom is 0.370 e. The molecule has 0 bridgehead atoms. The summed E-state index contributed by atoms with van der Waals surface area (Å²) in [6.45, 7) is -0.0179. The summed E-state index contributed by atoms with van der Waals surface area (Å²) in [5, 5.41) is 8.71. The van der Waals surface area contributed by atoms with Gasteiger partial charge in [0.15, 0.2) is 12.4 Å². The first-order chi connectivity index (χ1) is 10.0. The van der Waals surface area contributed by atoms with E-state index < -0.39 is 5.97 Å². The van der Waals surface area contributed by atoms with Crippen LogP contribution in [0.3, 0.4) is 0 Å². The van der Waals surface area contributed by atoms with Crippen LogP contribution >= 0.6 is 0 Å². The van der Waals surface area contributed by atoms with Gasteiger partial charge >= 0.3 is 5.97 Å². The summed E-state index contributed by atoms with van der Waals surface area (Å²) in [7, 11) is 4.03. The van der Waals surface area contributed by atoms with Crippen molar-refractivity contribution in [1.29, 1.82) is 0 Å². The zero-order valence-corrected chi connectivity index (χ0v) is 12.2. The van der Waals surface area contributed by atoms with E-state index in [1.54, 1.807) is 17.0 Å². The molecule has 1 N–H and O–H groups in total. The van der Waals surface area contributed by atoms with Crippen LogP contribution in [0.1, 0.15) is 11.1 Å². The fraction of sp³-hybridized carbons (Fsp3) is 0.176. The monoisotopic (exact) mass is 283 g/mol. The summed E-state index contributed by atoms with van der Waals surface area (Å²) in [5.41, 5.74) is 3.33. The minimum absolute atomic E-state index is 0.0179. The van der Waals surface area contributed by atoms with E-state index in [1.807, 2.05) is 38.4 Å². The number of aromatic nitrogens is 1. The Labute approximate surface area is 124 Å². The highest BCUT2D eigenvalue weighted by Crippen LogP contribution is 2.14.